The van der Waals surface area contributed by atoms with E-state index in [0.29, 0.717) is 12.1 Å². The molecule has 0 bridgehead atoms. The minimum absolute atomic E-state index is 0.400. The molecule has 1 aromatic carbocycles. The van der Waals surface area contributed by atoms with Crippen LogP contribution in [-0.2, 0) is 12.8 Å². The van der Waals surface area contributed by atoms with Crippen molar-refractivity contribution in [1.29, 1.82) is 0 Å². The highest BCUT2D eigenvalue weighted by Gasteiger charge is 2.23. The van der Waals surface area contributed by atoms with Crippen LogP contribution in [0.4, 0.5) is 0 Å². The van der Waals surface area contributed by atoms with Crippen LogP contribution < -0.4 is 10.1 Å². The molecule has 3 rings (SSSR count). The molecule has 1 fully saturated rings. The van der Waals surface area contributed by atoms with E-state index in [1.54, 1.807) is 0 Å². The first-order chi connectivity index (χ1) is 9.35. The molecule has 19 heavy (non-hydrogen) atoms. The predicted molar refractivity (Wildman–Crippen MR) is 78.8 cm³/mol. The van der Waals surface area contributed by atoms with Gasteiger partial charge in [-0.2, -0.15) is 0 Å². The summed E-state index contributed by atoms with van der Waals surface area (Å²) in [6, 6.07) is 7.36. The van der Waals surface area contributed by atoms with Crippen LogP contribution in [0.5, 0.6) is 5.75 Å². The van der Waals surface area contributed by atoms with Crippen molar-refractivity contribution in [2.75, 3.05) is 6.54 Å². The van der Waals surface area contributed by atoms with E-state index in [1.807, 2.05) is 0 Å². The molecule has 1 saturated carbocycles. The van der Waals surface area contributed by atoms with Gasteiger partial charge in [-0.1, -0.05) is 13.0 Å². The van der Waals surface area contributed by atoms with Crippen molar-refractivity contribution in [1.82, 2.24) is 5.32 Å². The predicted octanol–water partition coefficient (Wildman–Crippen LogP) is 3.47. The Labute approximate surface area is 116 Å². The Hall–Kier alpha value is -1.02. The van der Waals surface area contributed by atoms with Gasteiger partial charge in [-0.15, -0.1) is 0 Å². The standard InChI is InChI=1S/C17H25NO/c1-2-18-15-7-4-8-16(12-15)19-17-10-9-13-5-3-6-14(13)11-17/h9-11,15-16,18H,2-8,12H2,1H3. The van der Waals surface area contributed by atoms with Crippen LogP contribution in [-0.4, -0.2) is 18.7 Å². The molecule has 0 heterocycles. The number of rotatable bonds is 4. The average molecular weight is 259 g/mol. The molecule has 2 nitrogen and oxygen atoms in total. The van der Waals surface area contributed by atoms with Crippen LogP contribution >= 0.6 is 0 Å². The number of aryl methyl sites for hydroxylation is 2. The Bertz CT molecular complexity index is 427. The SMILES string of the molecule is CCNC1CCCC(Oc2ccc3c(c2)CCC3)C1. The van der Waals surface area contributed by atoms with E-state index in [4.69, 9.17) is 4.74 Å². The normalized spacial score (nSPS) is 26.2. The maximum absolute atomic E-state index is 6.22. The molecule has 2 aliphatic rings. The molecule has 0 radical (unpaired) electrons. The number of benzene rings is 1. The van der Waals surface area contributed by atoms with Crippen molar-refractivity contribution in [2.45, 2.75) is 64.0 Å². The summed E-state index contributed by atoms with van der Waals surface area (Å²) in [5, 5.41) is 3.56. The van der Waals surface area contributed by atoms with E-state index in [1.165, 1.54) is 49.7 Å². The molecule has 1 N–H and O–H groups in total. The second-order valence-electron chi connectivity index (χ2n) is 5.95. The van der Waals surface area contributed by atoms with Crippen LogP contribution in [0.2, 0.25) is 0 Å². The molecule has 0 amide bonds. The fourth-order valence-corrected chi connectivity index (χ4v) is 3.54. The number of hydrogen-bond donors (Lipinski definition) is 1. The van der Waals surface area contributed by atoms with Crippen LogP contribution in [0, 0.1) is 0 Å². The summed E-state index contributed by atoms with van der Waals surface area (Å²) in [6.07, 6.45) is 9.15. The number of nitrogens with one attached hydrogen (secondary N) is 1. The van der Waals surface area contributed by atoms with E-state index in [-0.39, 0.29) is 0 Å². The second-order valence-corrected chi connectivity index (χ2v) is 5.95. The van der Waals surface area contributed by atoms with Gasteiger partial charge in [0.05, 0.1) is 0 Å². The first-order valence-corrected chi connectivity index (χ1v) is 7.87. The zero-order valence-corrected chi connectivity index (χ0v) is 12.0. The lowest BCUT2D eigenvalue weighted by molar-refractivity contribution is 0.135. The van der Waals surface area contributed by atoms with Crippen molar-refractivity contribution in [3.8, 4) is 5.75 Å². The number of hydrogen-bond acceptors (Lipinski definition) is 2. The van der Waals surface area contributed by atoms with Gasteiger partial charge in [0.1, 0.15) is 11.9 Å². The lowest BCUT2D eigenvalue weighted by Gasteiger charge is -2.30. The van der Waals surface area contributed by atoms with Crippen molar-refractivity contribution in [3.05, 3.63) is 29.3 Å². The fourth-order valence-electron chi connectivity index (χ4n) is 3.54. The first kappa shape index (κ1) is 13.0. The smallest absolute Gasteiger partial charge is 0.120 e. The van der Waals surface area contributed by atoms with Gasteiger partial charge in [0, 0.05) is 6.04 Å². The third-order valence-corrected chi connectivity index (χ3v) is 4.49. The largest absolute Gasteiger partial charge is 0.490 e. The fraction of sp³-hybridized carbons (Fsp3) is 0.647. The van der Waals surface area contributed by atoms with E-state index < -0.39 is 0 Å². The lowest BCUT2D eigenvalue weighted by atomic mass is 9.93. The van der Waals surface area contributed by atoms with E-state index in [2.05, 4.69) is 30.4 Å². The summed E-state index contributed by atoms with van der Waals surface area (Å²) in [7, 11) is 0. The molecule has 2 atom stereocenters. The molecule has 2 heteroatoms. The summed E-state index contributed by atoms with van der Waals surface area (Å²) in [5.74, 6) is 1.09. The monoisotopic (exact) mass is 259 g/mol. The topological polar surface area (TPSA) is 21.3 Å². The van der Waals surface area contributed by atoms with E-state index >= 15 is 0 Å². The van der Waals surface area contributed by atoms with Crippen LogP contribution in [0.15, 0.2) is 18.2 Å². The van der Waals surface area contributed by atoms with Crippen LogP contribution in [0.3, 0.4) is 0 Å². The molecule has 1 aromatic rings. The Morgan fingerprint density at radius 1 is 1.16 bits per heavy atom. The highest BCUT2D eigenvalue weighted by atomic mass is 16.5. The van der Waals surface area contributed by atoms with E-state index in [9.17, 15) is 0 Å². The van der Waals surface area contributed by atoms with Crippen molar-refractivity contribution in [3.63, 3.8) is 0 Å². The van der Waals surface area contributed by atoms with Gasteiger partial charge in [0.25, 0.3) is 0 Å². The van der Waals surface area contributed by atoms with Crippen molar-refractivity contribution >= 4 is 0 Å². The molecule has 0 aromatic heterocycles. The Morgan fingerprint density at radius 2 is 2.05 bits per heavy atom. The van der Waals surface area contributed by atoms with Gasteiger partial charge >= 0.3 is 0 Å². The summed E-state index contributed by atoms with van der Waals surface area (Å²) in [4.78, 5) is 0. The Balaban J connectivity index is 1.61. The van der Waals surface area contributed by atoms with E-state index in [0.717, 1.165) is 18.7 Å². The molecule has 104 valence electrons. The highest BCUT2D eigenvalue weighted by Crippen LogP contribution is 2.29. The summed E-state index contributed by atoms with van der Waals surface area (Å²) < 4.78 is 6.22. The average Bonchev–Trinajstić information content (AvgIpc) is 2.87. The first-order valence-electron chi connectivity index (χ1n) is 7.87. The second kappa shape index (κ2) is 5.96. The third kappa shape index (κ3) is 3.11. The van der Waals surface area contributed by atoms with Crippen molar-refractivity contribution in [2.24, 2.45) is 0 Å². The Morgan fingerprint density at radius 3 is 2.95 bits per heavy atom. The molecular weight excluding hydrogens is 234 g/mol. The molecule has 2 aliphatic carbocycles. The summed E-state index contributed by atoms with van der Waals surface area (Å²) >= 11 is 0. The number of fused-ring (bicyclic) bond motifs is 1. The highest BCUT2D eigenvalue weighted by molar-refractivity contribution is 5.38. The van der Waals surface area contributed by atoms with Crippen molar-refractivity contribution < 1.29 is 4.74 Å². The van der Waals surface area contributed by atoms with Crippen LogP contribution in [0.25, 0.3) is 0 Å². The quantitative estimate of drug-likeness (QED) is 0.894. The Kier molecular flexibility index (Phi) is 4.07. The maximum Gasteiger partial charge on any atom is 0.120 e. The zero-order valence-electron chi connectivity index (χ0n) is 12.0. The zero-order chi connectivity index (χ0) is 13.1. The molecule has 2 unspecified atom stereocenters. The molecule has 0 saturated heterocycles. The minimum Gasteiger partial charge on any atom is -0.490 e. The number of ether oxygens (including phenoxy) is 1. The third-order valence-electron chi connectivity index (χ3n) is 4.49. The van der Waals surface area contributed by atoms with Gasteiger partial charge in [-0.05, 0) is 74.8 Å². The van der Waals surface area contributed by atoms with Gasteiger partial charge in [0.15, 0.2) is 0 Å². The molecular formula is C17H25NO. The van der Waals surface area contributed by atoms with Gasteiger partial charge in [0.2, 0.25) is 0 Å². The van der Waals surface area contributed by atoms with Gasteiger partial charge in [-0.3, -0.25) is 0 Å². The maximum atomic E-state index is 6.22. The molecule has 0 aliphatic heterocycles. The van der Waals surface area contributed by atoms with Gasteiger partial charge in [-0.25, -0.2) is 0 Å². The summed E-state index contributed by atoms with van der Waals surface area (Å²) in [6.45, 7) is 3.25. The molecule has 0 spiro atoms. The van der Waals surface area contributed by atoms with Gasteiger partial charge < -0.3 is 10.1 Å². The van der Waals surface area contributed by atoms with Crippen LogP contribution in [0.1, 0.15) is 50.2 Å². The summed E-state index contributed by atoms with van der Waals surface area (Å²) in [5.41, 5.74) is 3.04. The minimum atomic E-state index is 0.400. The lowest BCUT2D eigenvalue weighted by Crippen LogP contribution is -2.37.